The summed E-state index contributed by atoms with van der Waals surface area (Å²) in [5.41, 5.74) is 0. The first-order valence-corrected chi connectivity index (χ1v) is 2.51. The summed E-state index contributed by atoms with van der Waals surface area (Å²) in [5.74, 6) is 0. The predicted octanol–water partition coefficient (Wildman–Crippen LogP) is -0.0936. The second-order valence-electron chi connectivity index (χ2n) is 1.54. The molecular weight excluding hydrogens is 235 g/mol. The minimum atomic E-state index is -1.75. The third-order valence-corrected chi connectivity index (χ3v) is 0. The maximum Gasteiger partial charge on any atom is 2.00 e. The Morgan fingerprint density at radius 2 is 1.00 bits per heavy atom. The topological polar surface area (TPSA) is 153 Å². The van der Waals surface area contributed by atoms with Crippen LogP contribution in [0.25, 0.3) is 0 Å². The van der Waals surface area contributed by atoms with E-state index in [9.17, 15) is 0 Å². The Kier molecular flexibility index (Phi) is 29.8. The third kappa shape index (κ3) is 647. The molecule has 0 spiro atoms. The number of nitrogens with zero attached hydrogens (tertiary/aromatic N) is 2. The van der Waals surface area contributed by atoms with Crippen molar-refractivity contribution in [2.24, 2.45) is 0 Å². The van der Waals surface area contributed by atoms with Gasteiger partial charge in [-0.05, 0) is 13.8 Å². The standard InChI is InChI=1S/C3H8O.2NO3.Ni/c1-3(2)4;2*2-1(3)4;/h3-4H,1-2H3;;;/q;2*-1;+2. The smallest absolute Gasteiger partial charge is 0.394 e. The normalized spacial score (nSPS) is 6.46. The van der Waals surface area contributed by atoms with Gasteiger partial charge in [-0.3, -0.25) is 0 Å². The van der Waals surface area contributed by atoms with Gasteiger partial charge in [0.25, 0.3) is 0 Å². The largest absolute Gasteiger partial charge is 2.00 e. The SMILES string of the molecule is CC(C)O.O=[N+]([O-])[O-].O=[N+]([O-])[O-].[Ni+2]. The summed E-state index contributed by atoms with van der Waals surface area (Å²) >= 11 is 0. The van der Waals surface area contributed by atoms with E-state index in [1.807, 2.05) is 0 Å². The molecule has 82 valence electrons. The number of hydrogen-bond acceptors (Lipinski definition) is 7. The Labute approximate surface area is 83.1 Å². The van der Waals surface area contributed by atoms with Crippen LogP contribution >= 0.6 is 0 Å². The van der Waals surface area contributed by atoms with Crippen LogP contribution in [0.5, 0.6) is 0 Å². The molecule has 0 heterocycles. The summed E-state index contributed by atoms with van der Waals surface area (Å²) in [7, 11) is 0. The Morgan fingerprint density at radius 3 is 1.00 bits per heavy atom. The van der Waals surface area contributed by atoms with Crippen molar-refractivity contribution < 1.29 is 31.8 Å². The molecule has 10 heteroatoms. The zero-order valence-electron chi connectivity index (χ0n) is 6.68. The van der Waals surface area contributed by atoms with Crippen LogP contribution in [0.3, 0.4) is 0 Å². The van der Waals surface area contributed by atoms with Crippen LogP contribution in [-0.2, 0) is 16.5 Å². The van der Waals surface area contributed by atoms with Gasteiger partial charge in [-0.15, -0.1) is 0 Å². The number of aliphatic hydroxyl groups excluding tert-OH is 1. The first-order chi connectivity index (χ1) is 5.20. The summed E-state index contributed by atoms with van der Waals surface area (Å²) in [4.78, 5) is 16.5. The van der Waals surface area contributed by atoms with Gasteiger partial charge in [0.05, 0.1) is 10.2 Å². The summed E-state index contributed by atoms with van der Waals surface area (Å²) in [5, 5.41) is 37.6. The van der Waals surface area contributed by atoms with Crippen LogP contribution in [0.2, 0.25) is 0 Å². The molecule has 0 unspecified atom stereocenters. The van der Waals surface area contributed by atoms with Crippen LogP contribution in [0.1, 0.15) is 13.8 Å². The molecule has 0 aliphatic carbocycles. The summed E-state index contributed by atoms with van der Waals surface area (Å²) in [6.45, 7) is 3.44. The van der Waals surface area contributed by atoms with Gasteiger partial charge in [0.15, 0.2) is 0 Å². The van der Waals surface area contributed by atoms with Gasteiger partial charge in [0.2, 0.25) is 0 Å². The fourth-order valence-corrected chi connectivity index (χ4v) is 0. The molecule has 0 aliphatic rings. The Bertz CT molecular complexity index is 106. The molecule has 0 rings (SSSR count). The Morgan fingerprint density at radius 1 is 1.00 bits per heavy atom. The van der Waals surface area contributed by atoms with Gasteiger partial charge in [0.1, 0.15) is 0 Å². The molecule has 9 nitrogen and oxygen atoms in total. The molecule has 0 bridgehead atoms. The van der Waals surface area contributed by atoms with Gasteiger partial charge < -0.3 is 35.7 Å². The fraction of sp³-hybridized carbons (Fsp3) is 1.00. The summed E-state index contributed by atoms with van der Waals surface area (Å²) in [6, 6.07) is 0. The molecule has 0 aliphatic heterocycles. The maximum absolute atomic E-state index is 8.25. The molecule has 0 aromatic rings. The van der Waals surface area contributed by atoms with Crippen LogP contribution < -0.4 is 0 Å². The van der Waals surface area contributed by atoms with Crippen molar-refractivity contribution in [3.63, 3.8) is 0 Å². The van der Waals surface area contributed by atoms with Crippen LogP contribution in [-0.4, -0.2) is 21.4 Å². The van der Waals surface area contributed by atoms with Crippen LogP contribution in [0.15, 0.2) is 0 Å². The van der Waals surface area contributed by atoms with Crippen molar-refractivity contribution >= 4 is 0 Å². The minimum Gasteiger partial charge on any atom is -0.394 e. The van der Waals surface area contributed by atoms with E-state index in [4.69, 9.17) is 35.7 Å². The molecule has 0 fully saturated rings. The van der Waals surface area contributed by atoms with E-state index in [1.165, 1.54) is 0 Å². The van der Waals surface area contributed by atoms with E-state index in [2.05, 4.69) is 0 Å². The molecule has 1 N–H and O–H groups in total. The van der Waals surface area contributed by atoms with Gasteiger partial charge in [-0.25, -0.2) is 0 Å². The first-order valence-electron chi connectivity index (χ1n) is 2.51. The van der Waals surface area contributed by atoms with Crippen LogP contribution in [0, 0.1) is 30.6 Å². The van der Waals surface area contributed by atoms with E-state index in [-0.39, 0.29) is 22.6 Å². The molecule has 13 heavy (non-hydrogen) atoms. The molecular formula is C3H8N2NiO7. The molecule has 0 aromatic carbocycles. The van der Waals surface area contributed by atoms with Gasteiger partial charge in [0, 0.05) is 6.10 Å². The van der Waals surface area contributed by atoms with Gasteiger partial charge in [-0.1, -0.05) is 0 Å². The Balaban J connectivity index is -0.0000000450. The van der Waals surface area contributed by atoms with E-state index >= 15 is 0 Å². The Hall–Kier alpha value is -1.15. The average molecular weight is 243 g/mol. The molecule has 0 saturated heterocycles. The van der Waals surface area contributed by atoms with Gasteiger partial charge in [-0.2, -0.15) is 0 Å². The second-order valence-corrected chi connectivity index (χ2v) is 1.54. The monoisotopic (exact) mass is 242 g/mol. The second kappa shape index (κ2) is 17.1. The number of rotatable bonds is 0. The molecule has 0 amide bonds. The molecule has 0 radical (unpaired) electrons. The maximum atomic E-state index is 8.25. The summed E-state index contributed by atoms with van der Waals surface area (Å²) < 4.78 is 0. The van der Waals surface area contributed by atoms with Crippen molar-refractivity contribution in [2.75, 3.05) is 0 Å². The van der Waals surface area contributed by atoms with Crippen molar-refractivity contribution in [2.45, 2.75) is 20.0 Å². The average Bonchev–Trinajstić information content (AvgIpc) is 1.54. The van der Waals surface area contributed by atoms with E-state index < -0.39 is 10.2 Å². The zero-order chi connectivity index (χ0) is 10.7. The van der Waals surface area contributed by atoms with Crippen LogP contribution in [0.4, 0.5) is 0 Å². The van der Waals surface area contributed by atoms with Crippen molar-refractivity contribution in [3.8, 4) is 0 Å². The van der Waals surface area contributed by atoms with Crippen molar-refractivity contribution in [3.05, 3.63) is 30.6 Å². The molecule has 0 atom stereocenters. The quantitative estimate of drug-likeness (QED) is 0.354. The zero-order valence-corrected chi connectivity index (χ0v) is 7.67. The summed E-state index contributed by atoms with van der Waals surface area (Å²) in [6.07, 6.45) is -0.167. The third-order valence-electron chi connectivity index (χ3n) is 0. The van der Waals surface area contributed by atoms with E-state index in [1.54, 1.807) is 13.8 Å². The number of hydrogen-bond donors (Lipinski definition) is 1. The predicted molar refractivity (Wildman–Crippen MR) is 38.1 cm³/mol. The van der Waals surface area contributed by atoms with Crippen molar-refractivity contribution in [1.29, 1.82) is 0 Å². The minimum absolute atomic E-state index is 0. The van der Waals surface area contributed by atoms with E-state index in [0.29, 0.717) is 0 Å². The fourth-order valence-electron chi connectivity index (χ4n) is 0. The van der Waals surface area contributed by atoms with E-state index in [0.717, 1.165) is 0 Å². The van der Waals surface area contributed by atoms with Gasteiger partial charge >= 0.3 is 16.5 Å². The molecule has 0 aromatic heterocycles. The first kappa shape index (κ1) is 22.6. The molecule has 0 saturated carbocycles. The number of aliphatic hydroxyl groups is 1. The van der Waals surface area contributed by atoms with Crippen molar-refractivity contribution in [1.82, 2.24) is 0 Å².